The van der Waals surface area contributed by atoms with E-state index in [2.05, 4.69) is 56.6 Å². The Hall–Kier alpha value is -4.08. The lowest BCUT2D eigenvalue weighted by Crippen LogP contribution is -2.45. The van der Waals surface area contributed by atoms with Gasteiger partial charge in [-0.1, -0.05) is 41.9 Å². The number of anilines is 1. The maximum absolute atomic E-state index is 13.0. The Balaban J connectivity index is 1.06. The lowest BCUT2D eigenvalue weighted by atomic mass is 10.1. The van der Waals surface area contributed by atoms with E-state index in [4.69, 9.17) is 16.3 Å². The Labute approximate surface area is 236 Å². The number of para-hydroxylation sites is 1. The van der Waals surface area contributed by atoms with Gasteiger partial charge in [-0.05, 0) is 53.9 Å². The number of rotatable bonds is 7. The van der Waals surface area contributed by atoms with E-state index in [9.17, 15) is 14.4 Å². The molecule has 1 unspecified atom stereocenters. The molecule has 0 aliphatic carbocycles. The number of aromatic nitrogens is 2. The Kier molecular flexibility index (Phi) is 7.32. The minimum atomic E-state index is -0.751. The van der Waals surface area contributed by atoms with Gasteiger partial charge >= 0.3 is 0 Å². The highest BCUT2D eigenvalue weighted by atomic mass is 35.5. The molecule has 0 spiro atoms. The predicted octanol–water partition coefficient (Wildman–Crippen LogP) is 3.86. The molecule has 2 fully saturated rings. The molecule has 9 nitrogen and oxygen atoms in total. The van der Waals surface area contributed by atoms with Crippen molar-refractivity contribution in [3.05, 3.63) is 93.2 Å². The van der Waals surface area contributed by atoms with Crippen LogP contribution in [0.4, 0.5) is 5.69 Å². The van der Waals surface area contributed by atoms with Gasteiger partial charge < -0.3 is 9.64 Å². The lowest BCUT2D eigenvalue weighted by Gasteiger charge is -2.36. The Bertz CT molecular complexity index is 1590. The van der Waals surface area contributed by atoms with E-state index in [1.165, 1.54) is 15.9 Å². The molecular weight excluding hydrogens is 530 g/mol. The number of aromatic amines is 1. The largest absolute Gasteiger partial charge is 0.487 e. The van der Waals surface area contributed by atoms with Gasteiger partial charge in [0.05, 0.1) is 5.39 Å². The number of halogens is 1. The highest BCUT2D eigenvalue weighted by Gasteiger charge is 2.30. The number of carbonyl (C=O) groups is 2. The number of fused-ring (bicyclic) bond motifs is 1. The summed E-state index contributed by atoms with van der Waals surface area (Å²) in [4.78, 5) is 41.7. The van der Waals surface area contributed by atoms with Crippen molar-refractivity contribution in [3.63, 3.8) is 0 Å². The Morgan fingerprint density at radius 2 is 1.60 bits per heavy atom. The van der Waals surface area contributed by atoms with Gasteiger partial charge in [0.1, 0.15) is 23.9 Å². The molecule has 2 saturated heterocycles. The van der Waals surface area contributed by atoms with Crippen molar-refractivity contribution in [3.8, 4) is 5.75 Å². The van der Waals surface area contributed by atoms with Gasteiger partial charge in [-0.2, -0.15) is 0 Å². The van der Waals surface area contributed by atoms with Gasteiger partial charge in [-0.3, -0.25) is 29.7 Å². The summed E-state index contributed by atoms with van der Waals surface area (Å²) in [6.07, 6.45) is 0.467. The molecule has 2 aliphatic heterocycles. The fourth-order valence-electron chi connectivity index (χ4n) is 5.37. The zero-order valence-electron chi connectivity index (χ0n) is 21.9. The molecule has 2 amide bonds. The smallest absolute Gasteiger partial charge is 0.275 e. The number of nitrogens with one attached hydrogen (secondary N) is 2. The van der Waals surface area contributed by atoms with Crippen LogP contribution in [-0.2, 0) is 22.7 Å². The zero-order valence-corrected chi connectivity index (χ0v) is 22.7. The quantitative estimate of drug-likeness (QED) is 0.334. The topological polar surface area (TPSA) is 99.7 Å². The van der Waals surface area contributed by atoms with E-state index in [-0.39, 0.29) is 24.3 Å². The average molecular weight is 560 g/mol. The summed E-state index contributed by atoms with van der Waals surface area (Å²) >= 11 is 6.02. The normalized spacial score (nSPS) is 18.2. The second kappa shape index (κ2) is 11.2. The number of ether oxygens (including phenoxy) is 1. The SMILES string of the molecule is O=C1CCC(n2[nH]c3c(OCc4ccc(CN5CCN(c6ccc(Cl)cc6)CC5)cc4)cccc3c2=O)C(=O)N1. The molecule has 206 valence electrons. The molecule has 1 atom stereocenters. The third-order valence-electron chi connectivity index (χ3n) is 7.62. The summed E-state index contributed by atoms with van der Waals surface area (Å²) in [6, 6.07) is 20.9. The average Bonchev–Trinajstić information content (AvgIpc) is 3.30. The number of hydrogen-bond donors (Lipinski definition) is 2. The molecule has 6 rings (SSSR count). The number of imide groups is 1. The van der Waals surface area contributed by atoms with Crippen molar-refractivity contribution in [1.29, 1.82) is 0 Å². The molecule has 4 aromatic rings. The molecule has 2 N–H and O–H groups in total. The van der Waals surface area contributed by atoms with Crippen LogP contribution in [0.2, 0.25) is 5.02 Å². The van der Waals surface area contributed by atoms with E-state index >= 15 is 0 Å². The number of benzene rings is 3. The molecular formula is C30H30ClN5O4. The molecule has 0 bridgehead atoms. The standard InChI is InChI=1S/C30H30ClN5O4/c31-22-8-10-23(11-9-22)35-16-14-34(15-17-35)18-20-4-6-21(7-5-20)19-40-26-3-1-2-24-28(26)33-36(30(24)39)25-12-13-27(37)32-29(25)38/h1-11,25,33H,12-19H2,(H,32,37,38). The Morgan fingerprint density at radius 3 is 2.33 bits per heavy atom. The van der Waals surface area contributed by atoms with Gasteiger partial charge in [0.15, 0.2) is 0 Å². The van der Waals surface area contributed by atoms with Crippen LogP contribution in [0.1, 0.15) is 30.0 Å². The highest BCUT2D eigenvalue weighted by molar-refractivity contribution is 6.30. The maximum Gasteiger partial charge on any atom is 0.275 e. The third kappa shape index (κ3) is 5.48. The number of amides is 2. The van der Waals surface area contributed by atoms with Crippen LogP contribution in [0.25, 0.3) is 10.9 Å². The van der Waals surface area contributed by atoms with Gasteiger partial charge in [0.2, 0.25) is 5.91 Å². The van der Waals surface area contributed by atoms with Crippen LogP contribution in [-0.4, -0.2) is 52.7 Å². The van der Waals surface area contributed by atoms with Crippen LogP contribution in [0.15, 0.2) is 71.5 Å². The molecule has 3 aromatic carbocycles. The first kappa shape index (κ1) is 26.2. The van der Waals surface area contributed by atoms with Gasteiger partial charge in [0.25, 0.3) is 11.5 Å². The van der Waals surface area contributed by atoms with Crippen molar-refractivity contribution in [2.45, 2.75) is 32.0 Å². The number of hydrogen-bond acceptors (Lipinski definition) is 6. The fraction of sp³-hybridized carbons (Fsp3) is 0.300. The second-order valence-corrected chi connectivity index (χ2v) is 10.7. The van der Waals surface area contributed by atoms with Gasteiger partial charge in [-0.25, -0.2) is 4.68 Å². The first-order valence-electron chi connectivity index (χ1n) is 13.4. The summed E-state index contributed by atoms with van der Waals surface area (Å²) in [5.41, 5.74) is 3.69. The highest BCUT2D eigenvalue weighted by Crippen LogP contribution is 2.26. The van der Waals surface area contributed by atoms with Crippen molar-refractivity contribution < 1.29 is 14.3 Å². The van der Waals surface area contributed by atoms with Crippen molar-refractivity contribution in [2.75, 3.05) is 31.1 Å². The number of H-pyrrole nitrogens is 1. The fourth-order valence-corrected chi connectivity index (χ4v) is 5.50. The van der Waals surface area contributed by atoms with Gasteiger partial charge in [0, 0.05) is 49.9 Å². The third-order valence-corrected chi connectivity index (χ3v) is 7.87. The molecule has 0 saturated carbocycles. The molecule has 10 heteroatoms. The summed E-state index contributed by atoms with van der Waals surface area (Å²) in [5, 5.41) is 6.54. The van der Waals surface area contributed by atoms with E-state index < -0.39 is 11.9 Å². The summed E-state index contributed by atoms with van der Waals surface area (Å²) in [6.45, 7) is 5.18. The Morgan fingerprint density at radius 1 is 0.875 bits per heavy atom. The number of carbonyl (C=O) groups excluding carboxylic acids is 2. The van der Waals surface area contributed by atoms with E-state index in [1.807, 2.05) is 12.1 Å². The summed E-state index contributed by atoms with van der Waals surface area (Å²) in [7, 11) is 0. The number of nitrogens with zero attached hydrogens (tertiary/aromatic N) is 3. The number of piperidine rings is 1. The van der Waals surface area contributed by atoms with E-state index in [1.54, 1.807) is 18.2 Å². The van der Waals surface area contributed by atoms with Crippen molar-refractivity contribution in [1.82, 2.24) is 20.0 Å². The van der Waals surface area contributed by atoms with Crippen molar-refractivity contribution in [2.24, 2.45) is 0 Å². The van der Waals surface area contributed by atoms with Crippen LogP contribution in [0, 0.1) is 0 Å². The first-order chi connectivity index (χ1) is 19.4. The van der Waals surface area contributed by atoms with Crippen LogP contribution >= 0.6 is 11.6 Å². The minimum Gasteiger partial charge on any atom is -0.487 e. The van der Waals surface area contributed by atoms with Crippen LogP contribution in [0.5, 0.6) is 5.75 Å². The second-order valence-electron chi connectivity index (χ2n) is 10.3. The maximum atomic E-state index is 13.0. The number of piperazine rings is 1. The molecule has 40 heavy (non-hydrogen) atoms. The first-order valence-corrected chi connectivity index (χ1v) is 13.8. The molecule has 1 aromatic heterocycles. The monoisotopic (exact) mass is 559 g/mol. The zero-order chi connectivity index (χ0) is 27.6. The lowest BCUT2D eigenvalue weighted by molar-refractivity contribution is -0.136. The molecule has 3 heterocycles. The van der Waals surface area contributed by atoms with Crippen molar-refractivity contribution >= 4 is 40.0 Å². The van der Waals surface area contributed by atoms with Crippen LogP contribution in [0.3, 0.4) is 0 Å². The van der Waals surface area contributed by atoms with Crippen LogP contribution < -0.4 is 20.5 Å². The van der Waals surface area contributed by atoms with Gasteiger partial charge in [-0.15, -0.1) is 0 Å². The molecule has 2 aliphatic rings. The minimum absolute atomic E-state index is 0.192. The van der Waals surface area contributed by atoms with E-state index in [0.717, 1.165) is 43.3 Å². The van der Waals surface area contributed by atoms with E-state index in [0.29, 0.717) is 23.3 Å². The summed E-state index contributed by atoms with van der Waals surface area (Å²) in [5.74, 6) is -0.267. The summed E-state index contributed by atoms with van der Waals surface area (Å²) < 4.78 is 7.39. The molecule has 0 radical (unpaired) electrons. The predicted molar refractivity (Wildman–Crippen MR) is 154 cm³/mol.